The lowest BCUT2D eigenvalue weighted by molar-refractivity contribution is -0.126. The lowest BCUT2D eigenvalue weighted by Gasteiger charge is -2.39. The third kappa shape index (κ3) is 2.02. The van der Waals surface area contributed by atoms with E-state index in [-0.39, 0.29) is 11.7 Å². The van der Waals surface area contributed by atoms with Crippen LogP contribution in [0.15, 0.2) is 0 Å². The third-order valence-corrected chi connectivity index (χ3v) is 5.40. The average Bonchev–Trinajstić information content (AvgIpc) is 2.23. The number of ketones is 1. The SMILES string of the molecule is CCC1CC(=O)C(C)(CS(=O)(=O)O)C1(C)C. The molecule has 0 aromatic rings. The van der Waals surface area contributed by atoms with Gasteiger partial charge >= 0.3 is 0 Å². The molecule has 1 aliphatic carbocycles. The first-order chi connectivity index (χ1) is 7.04. The van der Waals surface area contributed by atoms with Gasteiger partial charge in [-0.1, -0.05) is 34.1 Å². The van der Waals surface area contributed by atoms with Gasteiger partial charge in [0.05, 0.1) is 5.75 Å². The maximum absolute atomic E-state index is 12.0. The average molecular weight is 248 g/mol. The Bertz CT molecular complexity index is 396. The maximum Gasteiger partial charge on any atom is 0.265 e. The van der Waals surface area contributed by atoms with E-state index in [1.807, 2.05) is 20.8 Å². The van der Waals surface area contributed by atoms with Crippen LogP contribution < -0.4 is 0 Å². The summed E-state index contributed by atoms with van der Waals surface area (Å²) in [5.41, 5.74) is -1.37. The van der Waals surface area contributed by atoms with Crippen LogP contribution in [-0.4, -0.2) is 24.5 Å². The van der Waals surface area contributed by atoms with Crippen LogP contribution in [-0.2, 0) is 14.9 Å². The monoisotopic (exact) mass is 248 g/mol. The Morgan fingerprint density at radius 2 is 1.88 bits per heavy atom. The second-order valence-corrected chi connectivity index (χ2v) is 6.97. The molecule has 0 aliphatic heterocycles. The molecular formula is C11H20O4S. The fourth-order valence-corrected chi connectivity index (χ4v) is 4.06. The Kier molecular flexibility index (Phi) is 3.25. The Hall–Kier alpha value is -0.420. The highest BCUT2D eigenvalue weighted by molar-refractivity contribution is 7.85. The predicted octanol–water partition coefficient (Wildman–Crippen LogP) is 1.91. The van der Waals surface area contributed by atoms with Gasteiger partial charge in [-0.3, -0.25) is 9.35 Å². The summed E-state index contributed by atoms with van der Waals surface area (Å²) in [4.78, 5) is 12.0. The molecule has 1 saturated carbocycles. The molecule has 0 aromatic heterocycles. The van der Waals surface area contributed by atoms with Crippen molar-refractivity contribution >= 4 is 15.9 Å². The highest BCUT2D eigenvalue weighted by Crippen LogP contribution is 2.55. The van der Waals surface area contributed by atoms with Crippen molar-refractivity contribution in [3.05, 3.63) is 0 Å². The molecule has 0 spiro atoms. The summed E-state index contributed by atoms with van der Waals surface area (Å²) in [5.74, 6) is -0.337. The summed E-state index contributed by atoms with van der Waals surface area (Å²) in [6.07, 6.45) is 1.26. The van der Waals surface area contributed by atoms with E-state index in [9.17, 15) is 13.2 Å². The van der Waals surface area contributed by atoms with Gasteiger partial charge in [0.2, 0.25) is 0 Å². The molecule has 1 N–H and O–H groups in total. The minimum atomic E-state index is -4.12. The van der Waals surface area contributed by atoms with E-state index in [1.54, 1.807) is 6.92 Å². The minimum absolute atomic E-state index is 0.0537. The number of hydrogen-bond donors (Lipinski definition) is 1. The van der Waals surface area contributed by atoms with Crippen LogP contribution >= 0.6 is 0 Å². The van der Waals surface area contributed by atoms with Crippen molar-refractivity contribution < 1.29 is 17.8 Å². The maximum atomic E-state index is 12.0. The van der Waals surface area contributed by atoms with Crippen LogP contribution in [0.25, 0.3) is 0 Å². The van der Waals surface area contributed by atoms with Crippen LogP contribution in [0.5, 0.6) is 0 Å². The molecule has 0 heterocycles. The first kappa shape index (κ1) is 13.6. The number of hydrogen-bond acceptors (Lipinski definition) is 3. The Morgan fingerprint density at radius 1 is 1.38 bits per heavy atom. The van der Waals surface area contributed by atoms with Crippen molar-refractivity contribution in [1.82, 2.24) is 0 Å². The van der Waals surface area contributed by atoms with Crippen molar-refractivity contribution in [2.45, 2.75) is 40.5 Å². The smallest absolute Gasteiger partial charge is 0.265 e. The van der Waals surface area contributed by atoms with E-state index >= 15 is 0 Å². The van der Waals surface area contributed by atoms with Crippen LogP contribution in [0.3, 0.4) is 0 Å². The summed E-state index contributed by atoms with van der Waals surface area (Å²) < 4.78 is 31.0. The molecule has 5 heteroatoms. The normalized spacial score (nSPS) is 34.3. The number of Topliss-reactive ketones (excluding diaryl/α,β-unsaturated/α-hetero) is 1. The third-order valence-electron chi connectivity index (χ3n) is 4.45. The highest BCUT2D eigenvalue weighted by Gasteiger charge is 2.57. The molecule has 2 unspecified atom stereocenters. The fourth-order valence-electron chi connectivity index (χ4n) is 2.80. The molecule has 1 rings (SSSR count). The van der Waals surface area contributed by atoms with Gasteiger partial charge in [0.1, 0.15) is 5.78 Å². The van der Waals surface area contributed by atoms with Gasteiger partial charge in [-0.25, -0.2) is 0 Å². The number of carbonyl (C=O) groups is 1. The molecule has 0 aromatic carbocycles. The highest BCUT2D eigenvalue weighted by atomic mass is 32.2. The molecule has 4 nitrogen and oxygen atoms in total. The molecule has 1 fully saturated rings. The zero-order valence-corrected chi connectivity index (χ0v) is 11.1. The van der Waals surface area contributed by atoms with E-state index in [2.05, 4.69) is 0 Å². The lowest BCUT2D eigenvalue weighted by atomic mass is 9.66. The first-order valence-electron chi connectivity index (χ1n) is 5.53. The van der Waals surface area contributed by atoms with E-state index in [0.29, 0.717) is 6.42 Å². The minimum Gasteiger partial charge on any atom is -0.299 e. The molecule has 2 atom stereocenters. The quantitative estimate of drug-likeness (QED) is 0.774. The van der Waals surface area contributed by atoms with Gasteiger partial charge in [-0.2, -0.15) is 8.42 Å². The lowest BCUT2D eigenvalue weighted by Crippen LogP contribution is -2.43. The Labute approximate surface area is 97.2 Å². The van der Waals surface area contributed by atoms with Crippen LogP contribution in [0.1, 0.15) is 40.5 Å². The van der Waals surface area contributed by atoms with Crippen LogP contribution in [0, 0.1) is 16.7 Å². The standard InChI is InChI=1S/C11H20O4S/c1-5-8-6-9(12)11(4,10(8,2)3)7-16(13,14)15/h8H,5-7H2,1-4H3,(H,13,14,15). The zero-order valence-electron chi connectivity index (χ0n) is 10.3. The van der Waals surface area contributed by atoms with Gasteiger partial charge in [-0.05, 0) is 11.3 Å². The Morgan fingerprint density at radius 3 is 2.19 bits per heavy atom. The van der Waals surface area contributed by atoms with E-state index < -0.39 is 26.7 Å². The van der Waals surface area contributed by atoms with Crippen LogP contribution in [0.4, 0.5) is 0 Å². The van der Waals surface area contributed by atoms with Gasteiger partial charge in [0.15, 0.2) is 0 Å². The molecule has 0 saturated heterocycles. The summed E-state index contributed by atoms with van der Waals surface area (Å²) in [7, 11) is -4.12. The Balaban J connectivity index is 3.16. The largest absolute Gasteiger partial charge is 0.299 e. The zero-order chi connectivity index (χ0) is 12.8. The molecule has 0 radical (unpaired) electrons. The van der Waals surface area contributed by atoms with Crippen molar-refractivity contribution in [2.75, 3.05) is 5.75 Å². The van der Waals surface area contributed by atoms with E-state index in [1.165, 1.54) is 0 Å². The van der Waals surface area contributed by atoms with E-state index in [4.69, 9.17) is 4.55 Å². The van der Waals surface area contributed by atoms with Gasteiger partial charge in [0, 0.05) is 11.8 Å². The summed E-state index contributed by atoms with van der Waals surface area (Å²) in [6, 6.07) is 0. The molecule has 0 amide bonds. The van der Waals surface area contributed by atoms with Crippen molar-refractivity contribution in [3.8, 4) is 0 Å². The van der Waals surface area contributed by atoms with Crippen molar-refractivity contribution in [3.63, 3.8) is 0 Å². The molecule has 1 aliphatic rings. The number of carbonyl (C=O) groups excluding carboxylic acids is 1. The summed E-state index contributed by atoms with van der Waals surface area (Å²) in [6.45, 7) is 7.48. The second kappa shape index (κ2) is 3.81. The fraction of sp³-hybridized carbons (Fsp3) is 0.909. The topological polar surface area (TPSA) is 71.4 Å². The molecular weight excluding hydrogens is 228 g/mol. The predicted molar refractivity (Wildman–Crippen MR) is 61.7 cm³/mol. The van der Waals surface area contributed by atoms with Crippen molar-refractivity contribution in [1.29, 1.82) is 0 Å². The second-order valence-electron chi connectivity index (χ2n) is 5.51. The van der Waals surface area contributed by atoms with Gasteiger partial charge < -0.3 is 0 Å². The van der Waals surface area contributed by atoms with Crippen LogP contribution in [0.2, 0.25) is 0 Å². The number of rotatable bonds is 3. The van der Waals surface area contributed by atoms with E-state index in [0.717, 1.165) is 6.42 Å². The summed E-state index contributed by atoms with van der Waals surface area (Å²) in [5, 5.41) is 0. The van der Waals surface area contributed by atoms with Crippen molar-refractivity contribution in [2.24, 2.45) is 16.7 Å². The first-order valence-corrected chi connectivity index (χ1v) is 7.14. The molecule has 16 heavy (non-hydrogen) atoms. The van der Waals surface area contributed by atoms with Gasteiger partial charge in [-0.15, -0.1) is 0 Å². The molecule has 94 valence electrons. The summed E-state index contributed by atoms with van der Waals surface area (Å²) >= 11 is 0. The van der Waals surface area contributed by atoms with Gasteiger partial charge in [0.25, 0.3) is 10.1 Å². The molecule has 0 bridgehead atoms.